The van der Waals surface area contributed by atoms with Crippen molar-refractivity contribution >= 4 is 15.9 Å². The van der Waals surface area contributed by atoms with Gasteiger partial charge in [-0.15, -0.1) is 0 Å². The van der Waals surface area contributed by atoms with Crippen LogP contribution in [0.4, 0.5) is 0 Å². The second-order valence-electron chi connectivity index (χ2n) is 2.66. The van der Waals surface area contributed by atoms with E-state index in [4.69, 9.17) is 9.84 Å². The van der Waals surface area contributed by atoms with E-state index in [0.717, 1.165) is 0 Å². The number of hydrogen-bond acceptors (Lipinski definition) is 4. The first-order chi connectivity index (χ1) is 5.04. The third-order valence-electron chi connectivity index (χ3n) is 1.79. The van der Waals surface area contributed by atoms with Crippen molar-refractivity contribution in [2.24, 2.45) is 0 Å². The van der Waals surface area contributed by atoms with Crippen LogP contribution in [0.5, 0.6) is 0 Å². The summed E-state index contributed by atoms with van der Waals surface area (Å²) in [6, 6.07) is 0. The van der Waals surface area contributed by atoms with E-state index in [1.807, 2.05) is 0 Å². The molecular formula is C6H11BrO4. The molecule has 11 heavy (non-hydrogen) atoms. The molecule has 1 saturated heterocycles. The molecule has 5 heteroatoms. The van der Waals surface area contributed by atoms with Gasteiger partial charge in [0, 0.05) is 0 Å². The van der Waals surface area contributed by atoms with E-state index in [1.165, 1.54) is 0 Å². The smallest absolute Gasteiger partial charge is 0.141 e. The Labute approximate surface area is 72.9 Å². The molecule has 1 fully saturated rings. The Morgan fingerprint density at radius 2 is 1.64 bits per heavy atom. The molecule has 0 aromatic heterocycles. The molecule has 0 spiro atoms. The van der Waals surface area contributed by atoms with Crippen LogP contribution in [0.25, 0.3) is 0 Å². The molecule has 1 aliphatic heterocycles. The van der Waals surface area contributed by atoms with E-state index < -0.39 is 29.4 Å². The minimum Gasteiger partial charge on any atom is -0.388 e. The number of aliphatic hydroxyl groups excluding tert-OH is 3. The van der Waals surface area contributed by atoms with Crippen molar-refractivity contribution in [1.82, 2.24) is 0 Å². The van der Waals surface area contributed by atoms with Crippen LogP contribution in [0, 0.1) is 0 Å². The molecule has 1 unspecified atom stereocenters. The SMILES string of the molecule is C[C@@H]1OC(Br)[C@@H](O)[C@H](O)[C@@H]1O. The molecule has 1 aliphatic rings. The molecule has 0 radical (unpaired) electrons. The first kappa shape index (κ1) is 9.41. The van der Waals surface area contributed by atoms with Crippen molar-refractivity contribution in [3.8, 4) is 0 Å². The summed E-state index contributed by atoms with van der Waals surface area (Å²) < 4.78 is 5.04. The molecule has 0 amide bonds. The van der Waals surface area contributed by atoms with Gasteiger partial charge in [-0.05, 0) is 6.92 Å². The second kappa shape index (κ2) is 3.37. The fourth-order valence-electron chi connectivity index (χ4n) is 1.00. The molecule has 0 aromatic rings. The third-order valence-corrected chi connectivity index (χ3v) is 2.55. The fraction of sp³-hybridized carbons (Fsp3) is 1.00. The molecule has 0 bridgehead atoms. The summed E-state index contributed by atoms with van der Waals surface area (Å²) in [5, 5.41) is 26.9. The van der Waals surface area contributed by atoms with Gasteiger partial charge < -0.3 is 20.1 Å². The van der Waals surface area contributed by atoms with Gasteiger partial charge in [0.05, 0.1) is 6.10 Å². The minimum absolute atomic E-state index is 0.460. The maximum atomic E-state index is 9.18. The predicted molar refractivity (Wildman–Crippen MR) is 41.3 cm³/mol. The van der Waals surface area contributed by atoms with Gasteiger partial charge in [-0.2, -0.15) is 0 Å². The Hall–Kier alpha value is 0.320. The summed E-state index contributed by atoms with van der Waals surface area (Å²) in [6.45, 7) is 1.63. The summed E-state index contributed by atoms with van der Waals surface area (Å²) in [4.78, 5) is 0. The Balaban J connectivity index is 2.63. The molecule has 5 atom stereocenters. The molecule has 0 aromatic carbocycles. The number of halogens is 1. The van der Waals surface area contributed by atoms with E-state index in [2.05, 4.69) is 15.9 Å². The number of ether oxygens (including phenoxy) is 1. The summed E-state index contributed by atoms with van der Waals surface area (Å²) in [5.41, 5.74) is 0. The van der Waals surface area contributed by atoms with Crippen molar-refractivity contribution < 1.29 is 20.1 Å². The predicted octanol–water partition coefficient (Wildman–Crippen LogP) is -0.791. The van der Waals surface area contributed by atoms with Crippen LogP contribution in [0.2, 0.25) is 0 Å². The third kappa shape index (κ3) is 1.73. The molecular weight excluding hydrogens is 216 g/mol. The lowest BCUT2D eigenvalue weighted by Crippen LogP contribution is -2.54. The first-order valence-corrected chi connectivity index (χ1v) is 4.29. The highest BCUT2D eigenvalue weighted by atomic mass is 79.9. The monoisotopic (exact) mass is 226 g/mol. The largest absolute Gasteiger partial charge is 0.388 e. The van der Waals surface area contributed by atoms with Gasteiger partial charge in [0.1, 0.15) is 23.3 Å². The zero-order chi connectivity index (χ0) is 8.59. The van der Waals surface area contributed by atoms with Crippen molar-refractivity contribution in [3.05, 3.63) is 0 Å². The molecule has 4 nitrogen and oxygen atoms in total. The average molecular weight is 227 g/mol. The van der Waals surface area contributed by atoms with Crippen molar-refractivity contribution in [2.45, 2.75) is 36.4 Å². The Morgan fingerprint density at radius 3 is 2.18 bits per heavy atom. The number of hydrogen-bond donors (Lipinski definition) is 3. The summed E-state index contributed by atoms with van der Waals surface area (Å²) in [6.07, 6.45) is -3.68. The van der Waals surface area contributed by atoms with Crippen LogP contribution < -0.4 is 0 Å². The summed E-state index contributed by atoms with van der Waals surface area (Å²) in [5.74, 6) is 0. The standard InChI is InChI=1S/C6H11BrO4/c1-2-3(8)4(9)5(10)6(7)11-2/h2-6,8-10H,1H3/t2-,3+,4+,5-,6?/m0/s1. The summed E-state index contributed by atoms with van der Waals surface area (Å²) in [7, 11) is 0. The Bertz CT molecular complexity index is 129. The molecule has 3 N–H and O–H groups in total. The minimum atomic E-state index is -1.14. The van der Waals surface area contributed by atoms with Crippen LogP contribution in [0.15, 0.2) is 0 Å². The second-order valence-corrected chi connectivity index (χ2v) is 3.57. The van der Waals surface area contributed by atoms with Crippen LogP contribution in [0.1, 0.15) is 6.92 Å². The number of aliphatic hydroxyl groups is 3. The normalized spacial score (nSPS) is 52.6. The first-order valence-electron chi connectivity index (χ1n) is 3.37. The van der Waals surface area contributed by atoms with Gasteiger partial charge >= 0.3 is 0 Å². The Kier molecular flexibility index (Phi) is 2.88. The highest BCUT2D eigenvalue weighted by Crippen LogP contribution is 2.23. The van der Waals surface area contributed by atoms with Crippen LogP contribution in [-0.4, -0.2) is 44.7 Å². The van der Waals surface area contributed by atoms with Gasteiger partial charge in [0.25, 0.3) is 0 Å². The van der Waals surface area contributed by atoms with Crippen molar-refractivity contribution in [2.75, 3.05) is 0 Å². The maximum absolute atomic E-state index is 9.18. The van der Waals surface area contributed by atoms with Gasteiger partial charge in [-0.3, -0.25) is 0 Å². The number of rotatable bonds is 0. The lowest BCUT2D eigenvalue weighted by molar-refractivity contribution is -0.190. The molecule has 0 aliphatic carbocycles. The average Bonchev–Trinajstić information content (AvgIpc) is 1.97. The molecule has 1 heterocycles. The highest BCUT2D eigenvalue weighted by Gasteiger charge is 2.40. The van der Waals surface area contributed by atoms with Crippen LogP contribution >= 0.6 is 15.9 Å². The molecule has 1 rings (SSSR count). The van der Waals surface area contributed by atoms with E-state index in [0.29, 0.717) is 0 Å². The van der Waals surface area contributed by atoms with Gasteiger partial charge in [0.15, 0.2) is 0 Å². The van der Waals surface area contributed by atoms with Crippen molar-refractivity contribution in [3.63, 3.8) is 0 Å². The van der Waals surface area contributed by atoms with E-state index in [-0.39, 0.29) is 0 Å². The Morgan fingerprint density at radius 1 is 1.09 bits per heavy atom. The van der Waals surface area contributed by atoms with Gasteiger partial charge in [-0.25, -0.2) is 0 Å². The molecule has 66 valence electrons. The van der Waals surface area contributed by atoms with Crippen LogP contribution in [0.3, 0.4) is 0 Å². The van der Waals surface area contributed by atoms with Crippen molar-refractivity contribution in [1.29, 1.82) is 0 Å². The van der Waals surface area contributed by atoms with E-state index in [1.54, 1.807) is 6.92 Å². The lowest BCUT2D eigenvalue weighted by atomic mass is 10.0. The number of alkyl halides is 1. The quantitative estimate of drug-likeness (QED) is 0.474. The maximum Gasteiger partial charge on any atom is 0.141 e. The summed E-state index contributed by atoms with van der Waals surface area (Å²) >= 11 is 3.02. The van der Waals surface area contributed by atoms with E-state index in [9.17, 15) is 10.2 Å². The topological polar surface area (TPSA) is 69.9 Å². The van der Waals surface area contributed by atoms with Crippen LogP contribution in [-0.2, 0) is 4.74 Å². The van der Waals surface area contributed by atoms with E-state index >= 15 is 0 Å². The zero-order valence-electron chi connectivity index (χ0n) is 6.01. The zero-order valence-corrected chi connectivity index (χ0v) is 7.60. The molecule has 0 saturated carbocycles. The van der Waals surface area contributed by atoms with Gasteiger partial charge in [0.2, 0.25) is 0 Å². The van der Waals surface area contributed by atoms with Gasteiger partial charge in [-0.1, -0.05) is 15.9 Å². The highest BCUT2D eigenvalue weighted by molar-refractivity contribution is 9.09. The lowest BCUT2D eigenvalue weighted by Gasteiger charge is -2.36. The fourth-order valence-corrected chi connectivity index (χ4v) is 1.65.